The van der Waals surface area contributed by atoms with E-state index in [4.69, 9.17) is 9.15 Å². The molecule has 0 aliphatic rings. The molecule has 0 amide bonds. The Hall–Kier alpha value is -2.23. The van der Waals surface area contributed by atoms with Gasteiger partial charge in [0.05, 0.1) is 18.7 Å². The molecule has 0 aliphatic heterocycles. The molecule has 0 unspecified atom stereocenters. The van der Waals surface area contributed by atoms with Gasteiger partial charge in [-0.3, -0.25) is 0 Å². The van der Waals surface area contributed by atoms with Crippen molar-refractivity contribution in [1.29, 1.82) is 0 Å². The van der Waals surface area contributed by atoms with E-state index in [2.05, 4.69) is 5.32 Å². The number of anilines is 1. The number of hydrogen-bond acceptors (Lipinski definition) is 4. The van der Waals surface area contributed by atoms with Gasteiger partial charge in [0.25, 0.3) is 0 Å². The average molecular weight is 273 g/mol. The maximum atomic E-state index is 11.8. The summed E-state index contributed by atoms with van der Waals surface area (Å²) in [7, 11) is 0. The lowest BCUT2D eigenvalue weighted by Crippen LogP contribution is -2.09. The van der Waals surface area contributed by atoms with Crippen molar-refractivity contribution in [3.8, 4) is 0 Å². The molecule has 4 heteroatoms. The summed E-state index contributed by atoms with van der Waals surface area (Å²) in [5, 5.41) is 3.21. The minimum atomic E-state index is -0.315. The third-order valence-corrected chi connectivity index (χ3v) is 2.94. The molecule has 0 bridgehead atoms. The SMILES string of the molecule is CCOC(=O)c1ccccc1NCc1ccc(CC)o1. The number of para-hydroxylation sites is 1. The van der Waals surface area contributed by atoms with Crippen LogP contribution in [0.3, 0.4) is 0 Å². The van der Waals surface area contributed by atoms with Gasteiger partial charge in [-0.25, -0.2) is 4.79 Å². The minimum absolute atomic E-state index is 0.315. The lowest BCUT2D eigenvalue weighted by Gasteiger charge is -2.10. The number of carbonyl (C=O) groups is 1. The Kier molecular flexibility index (Phi) is 4.82. The maximum absolute atomic E-state index is 11.8. The van der Waals surface area contributed by atoms with E-state index in [1.54, 1.807) is 13.0 Å². The number of benzene rings is 1. The molecule has 0 atom stereocenters. The molecule has 1 heterocycles. The molecule has 106 valence electrons. The number of hydrogen-bond donors (Lipinski definition) is 1. The van der Waals surface area contributed by atoms with Crippen molar-refractivity contribution in [3.05, 3.63) is 53.5 Å². The van der Waals surface area contributed by atoms with Crippen LogP contribution in [0.25, 0.3) is 0 Å². The van der Waals surface area contributed by atoms with Gasteiger partial charge in [-0.15, -0.1) is 0 Å². The number of nitrogens with one attached hydrogen (secondary N) is 1. The zero-order valence-corrected chi connectivity index (χ0v) is 11.8. The van der Waals surface area contributed by atoms with Crippen LogP contribution in [0.5, 0.6) is 0 Å². The van der Waals surface area contributed by atoms with Crippen molar-refractivity contribution in [2.24, 2.45) is 0 Å². The molecule has 1 N–H and O–H groups in total. The Balaban J connectivity index is 2.07. The first-order valence-electron chi connectivity index (χ1n) is 6.82. The quantitative estimate of drug-likeness (QED) is 0.816. The van der Waals surface area contributed by atoms with Gasteiger partial charge in [0, 0.05) is 12.1 Å². The number of esters is 1. The molecule has 2 rings (SSSR count). The van der Waals surface area contributed by atoms with E-state index < -0.39 is 0 Å². The second-order valence-electron chi connectivity index (χ2n) is 4.34. The third-order valence-electron chi connectivity index (χ3n) is 2.94. The van der Waals surface area contributed by atoms with Crippen LogP contribution in [-0.2, 0) is 17.7 Å². The largest absolute Gasteiger partial charge is 0.464 e. The Labute approximate surface area is 118 Å². The second-order valence-corrected chi connectivity index (χ2v) is 4.34. The van der Waals surface area contributed by atoms with Crippen molar-refractivity contribution >= 4 is 11.7 Å². The molecule has 0 aliphatic carbocycles. The average Bonchev–Trinajstić information content (AvgIpc) is 2.93. The fourth-order valence-electron chi connectivity index (χ4n) is 1.91. The molecule has 20 heavy (non-hydrogen) atoms. The monoisotopic (exact) mass is 273 g/mol. The van der Waals surface area contributed by atoms with E-state index in [9.17, 15) is 4.79 Å². The molecule has 0 spiro atoms. The minimum Gasteiger partial charge on any atom is -0.464 e. The van der Waals surface area contributed by atoms with E-state index in [1.165, 1.54) is 0 Å². The van der Waals surface area contributed by atoms with Crippen LogP contribution in [0.2, 0.25) is 0 Å². The molecular formula is C16H19NO3. The lowest BCUT2D eigenvalue weighted by atomic mass is 10.2. The Morgan fingerprint density at radius 3 is 2.60 bits per heavy atom. The molecule has 0 radical (unpaired) electrons. The lowest BCUT2D eigenvalue weighted by molar-refractivity contribution is 0.0527. The van der Waals surface area contributed by atoms with Crippen molar-refractivity contribution < 1.29 is 13.9 Å². The summed E-state index contributed by atoms with van der Waals surface area (Å²) >= 11 is 0. The number of carbonyl (C=O) groups excluding carboxylic acids is 1. The highest BCUT2D eigenvalue weighted by Gasteiger charge is 2.11. The van der Waals surface area contributed by atoms with Gasteiger partial charge in [-0.05, 0) is 31.2 Å². The fraction of sp³-hybridized carbons (Fsp3) is 0.312. The van der Waals surface area contributed by atoms with Crippen LogP contribution < -0.4 is 5.32 Å². The molecular weight excluding hydrogens is 254 g/mol. The topological polar surface area (TPSA) is 51.5 Å². The van der Waals surface area contributed by atoms with Gasteiger partial charge in [-0.2, -0.15) is 0 Å². The Bertz CT molecular complexity index is 575. The van der Waals surface area contributed by atoms with Crippen LogP contribution >= 0.6 is 0 Å². The third kappa shape index (κ3) is 3.41. The Morgan fingerprint density at radius 2 is 1.90 bits per heavy atom. The standard InChI is InChI=1S/C16H19NO3/c1-3-12-9-10-13(20-12)11-17-15-8-6-5-7-14(15)16(18)19-4-2/h5-10,17H,3-4,11H2,1-2H3. The molecule has 0 saturated heterocycles. The summed E-state index contributed by atoms with van der Waals surface area (Å²) < 4.78 is 10.7. The number of aryl methyl sites for hydroxylation is 1. The molecule has 0 fully saturated rings. The van der Waals surface area contributed by atoms with Crippen molar-refractivity contribution in [2.75, 3.05) is 11.9 Å². The predicted octanol–water partition coefficient (Wildman–Crippen LogP) is 3.63. The zero-order valence-electron chi connectivity index (χ0n) is 11.8. The zero-order chi connectivity index (χ0) is 14.4. The van der Waals surface area contributed by atoms with Gasteiger partial charge in [-0.1, -0.05) is 19.1 Å². The first kappa shape index (κ1) is 14.2. The van der Waals surface area contributed by atoms with Crippen molar-refractivity contribution in [2.45, 2.75) is 26.8 Å². The van der Waals surface area contributed by atoms with Crippen LogP contribution in [0.1, 0.15) is 35.7 Å². The summed E-state index contributed by atoms with van der Waals surface area (Å²) in [6, 6.07) is 11.2. The normalized spacial score (nSPS) is 10.3. The summed E-state index contributed by atoms with van der Waals surface area (Å²) in [5.74, 6) is 1.49. The molecule has 1 aromatic heterocycles. The predicted molar refractivity (Wildman–Crippen MR) is 77.8 cm³/mol. The highest BCUT2D eigenvalue weighted by molar-refractivity contribution is 5.95. The van der Waals surface area contributed by atoms with Crippen LogP contribution in [0, 0.1) is 0 Å². The molecule has 0 saturated carbocycles. The van der Waals surface area contributed by atoms with Gasteiger partial charge in [0.2, 0.25) is 0 Å². The summed E-state index contributed by atoms with van der Waals surface area (Å²) in [4.78, 5) is 11.8. The van der Waals surface area contributed by atoms with Gasteiger partial charge in [0.15, 0.2) is 0 Å². The van der Waals surface area contributed by atoms with E-state index >= 15 is 0 Å². The van der Waals surface area contributed by atoms with Crippen LogP contribution in [-0.4, -0.2) is 12.6 Å². The smallest absolute Gasteiger partial charge is 0.340 e. The van der Waals surface area contributed by atoms with E-state index in [0.29, 0.717) is 18.7 Å². The first-order chi connectivity index (χ1) is 9.74. The van der Waals surface area contributed by atoms with E-state index in [0.717, 1.165) is 23.6 Å². The first-order valence-corrected chi connectivity index (χ1v) is 6.82. The summed E-state index contributed by atoms with van der Waals surface area (Å²) in [5.41, 5.74) is 1.29. The van der Waals surface area contributed by atoms with Gasteiger partial charge >= 0.3 is 5.97 Å². The maximum Gasteiger partial charge on any atom is 0.340 e. The van der Waals surface area contributed by atoms with E-state index in [-0.39, 0.29) is 5.97 Å². The summed E-state index contributed by atoms with van der Waals surface area (Å²) in [6.07, 6.45) is 0.874. The van der Waals surface area contributed by atoms with Crippen LogP contribution in [0.15, 0.2) is 40.8 Å². The number of furan rings is 1. The van der Waals surface area contributed by atoms with Crippen molar-refractivity contribution in [1.82, 2.24) is 0 Å². The Morgan fingerprint density at radius 1 is 1.15 bits per heavy atom. The highest BCUT2D eigenvalue weighted by atomic mass is 16.5. The highest BCUT2D eigenvalue weighted by Crippen LogP contribution is 2.18. The molecule has 2 aromatic rings. The number of rotatable bonds is 6. The van der Waals surface area contributed by atoms with Crippen molar-refractivity contribution in [3.63, 3.8) is 0 Å². The second kappa shape index (κ2) is 6.80. The molecule has 1 aromatic carbocycles. The number of ether oxygens (including phenoxy) is 1. The fourth-order valence-corrected chi connectivity index (χ4v) is 1.91. The summed E-state index contributed by atoms with van der Waals surface area (Å²) in [6.45, 7) is 4.75. The van der Waals surface area contributed by atoms with Crippen LogP contribution in [0.4, 0.5) is 5.69 Å². The molecule has 4 nitrogen and oxygen atoms in total. The van der Waals surface area contributed by atoms with Gasteiger partial charge < -0.3 is 14.5 Å². The van der Waals surface area contributed by atoms with E-state index in [1.807, 2.05) is 37.3 Å². The van der Waals surface area contributed by atoms with Gasteiger partial charge in [0.1, 0.15) is 11.5 Å².